The third-order valence-corrected chi connectivity index (χ3v) is 5.62. The standard InChI is InChI=1S/C22H18O/c23-22-13-17-11-18(22)10-16(17)12-21-19-7-3-1-5-14(19)9-15-6-2-4-8-20(15)21/h1-9,12,17-18H,10-11,13H2/b16-12+/t17-,18+/m1/s1. The van der Waals surface area contributed by atoms with Gasteiger partial charge in [0.15, 0.2) is 0 Å². The molecule has 2 aliphatic rings. The quantitative estimate of drug-likeness (QED) is 0.552. The van der Waals surface area contributed by atoms with Gasteiger partial charge in [0.25, 0.3) is 0 Å². The fourth-order valence-electron chi connectivity index (χ4n) is 4.47. The Bertz CT molecular complexity index is 926. The molecule has 0 unspecified atom stereocenters. The first kappa shape index (κ1) is 13.1. The van der Waals surface area contributed by atoms with Gasteiger partial charge in [-0.1, -0.05) is 60.2 Å². The van der Waals surface area contributed by atoms with Crippen molar-refractivity contribution in [1.29, 1.82) is 0 Å². The number of benzene rings is 3. The van der Waals surface area contributed by atoms with Crippen LogP contribution in [0.15, 0.2) is 60.2 Å². The van der Waals surface area contributed by atoms with Crippen LogP contribution in [-0.2, 0) is 4.79 Å². The van der Waals surface area contributed by atoms with Crippen molar-refractivity contribution in [3.05, 3.63) is 65.7 Å². The third kappa shape index (κ3) is 1.96. The summed E-state index contributed by atoms with van der Waals surface area (Å²) < 4.78 is 0. The van der Waals surface area contributed by atoms with Gasteiger partial charge in [-0.15, -0.1) is 0 Å². The lowest BCUT2D eigenvalue weighted by Crippen LogP contribution is -2.10. The van der Waals surface area contributed by atoms with E-state index in [2.05, 4.69) is 60.7 Å². The Morgan fingerprint density at radius 3 is 2.04 bits per heavy atom. The zero-order chi connectivity index (χ0) is 15.4. The zero-order valence-electron chi connectivity index (χ0n) is 13.0. The first-order valence-electron chi connectivity index (χ1n) is 8.43. The summed E-state index contributed by atoms with van der Waals surface area (Å²) in [7, 11) is 0. The zero-order valence-corrected chi connectivity index (χ0v) is 13.0. The lowest BCUT2D eigenvalue weighted by molar-refractivity contribution is -0.121. The van der Waals surface area contributed by atoms with Crippen LogP contribution in [0.5, 0.6) is 0 Å². The van der Waals surface area contributed by atoms with Crippen LogP contribution in [-0.4, -0.2) is 5.78 Å². The molecule has 0 amide bonds. The molecule has 0 aliphatic heterocycles. The van der Waals surface area contributed by atoms with Crippen LogP contribution < -0.4 is 0 Å². The molecule has 1 nitrogen and oxygen atoms in total. The van der Waals surface area contributed by atoms with Crippen LogP contribution in [0.3, 0.4) is 0 Å². The Balaban J connectivity index is 1.77. The molecule has 2 atom stereocenters. The molecule has 3 aromatic carbocycles. The summed E-state index contributed by atoms with van der Waals surface area (Å²) in [6, 6.07) is 19.5. The predicted molar refractivity (Wildman–Crippen MR) is 95.3 cm³/mol. The number of carbonyl (C=O) groups excluding carboxylic acids is 1. The van der Waals surface area contributed by atoms with Crippen molar-refractivity contribution in [3.8, 4) is 0 Å². The van der Waals surface area contributed by atoms with Crippen molar-refractivity contribution in [2.45, 2.75) is 19.3 Å². The van der Waals surface area contributed by atoms with E-state index in [4.69, 9.17) is 0 Å². The van der Waals surface area contributed by atoms with Gasteiger partial charge in [0.2, 0.25) is 0 Å². The van der Waals surface area contributed by atoms with E-state index >= 15 is 0 Å². The highest BCUT2D eigenvalue weighted by Gasteiger charge is 2.41. The molecule has 5 rings (SSSR count). The SMILES string of the molecule is O=C1C[C@H]2C[C@@H]1C/C2=C\c1c2ccccc2cc2ccccc12. The van der Waals surface area contributed by atoms with Crippen molar-refractivity contribution in [2.24, 2.45) is 11.8 Å². The number of rotatable bonds is 1. The van der Waals surface area contributed by atoms with E-state index in [0.717, 1.165) is 19.3 Å². The van der Waals surface area contributed by atoms with E-state index in [0.29, 0.717) is 17.6 Å². The largest absolute Gasteiger partial charge is 0.299 e. The van der Waals surface area contributed by atoms with E-state index < -0.39 is 0 Å². The second-order valence-electron chi connectivity index (χ2n) is 6.96. The monoisotopic (exact) mass is 298 g/mol. The van der Waals surface area contributed by atoms with Crippen molar-refractivity contribution in [2.75, 3.05) is 0 Å². The number of carbonyl (C=O) groups is 1. The molecule has 0 radical (unpaired) electrons. The van der Waals surface area contributed by atoms with E-state index in [1.54, 1.807) is 0 Å². The lowest BCUT2D eigenvalue weighted by Gasteiger charge is -2.15. The van der Waals surface area contributed by atoms with Gasteiger partial charge in [0, 0.05) is 12.3 Å². The maximum absolute atomic E-state index is 11.8. The first-order chi connectivity index (χ1) is 11.3. The minimum Gasteiger partial charge on any atom is -0.299 e. The Morgan fingerprint density at radius 2 is 1.48 bits per heavy atom. The molecule has 112 valence electrons. The van der Waals surface area contributed by atoms with Crippen molar-refractivity contribution >= 4 is 33.4 Å². The minimum atomic E-state index is 0.299. The maximum Gasteiger partial charge on any atom is 0.136 e. The van der Waals surface area contributed by atoms with Crippen LogP contribution >= 0.6 is 0 Å². The van der Waals surface area contributed by atoms with Gasteiger partial charge in [-0.05, 0) is 51.9 Å². The molecule has 2 bridgehead atoms. The minimum absolute atomic E-state index is 0.299. The Labute approximate surface area is 135 Å². The maximum atomic E-state index is 11.8. The topological polar surface area (TPSA) is 17.1 Å². The molecular weight excluding hydrogens is 280 g/mol. The normalized spacial score (nSPS) is 25.0. The Hall–Kier alpha value is -2.41. The van der Waals surface area contributed by atoms with Crippen molar-refractivity contribution < 1.29 is 4.79 Å². The lowest BCUT2D eigenvalue weighted by atomic mass is 9.89. The van der Waals surface area contributed by atoms with Gasteiger partial charge in [-0.2, -0.15) is 0 Å². The molecule has 0 saturated heterocycles. The van der Waals surface area contributed by atoms with E-state index in [1.165, 1.54) is 32.7 Å². The number of hydrogen-bond donors (Lipinski definition) is 0. The molecular formula is C22H18O. The average Bonchev–Trinajstić information content (AvgIpc) is 3.13. The molecule has 0 spiro atoms. The Kier molecular flexibility index (Phi) is 2.72. The second kappa shape index (κ2) is 4.79. The number of fused-ring (bicyclic) bond motifs is 4. The highest BCUT2D eigenvalue weighted by molar-refractivity contribution is 6.07. The number of ketones is 1. The number of hydrogen-bond acceptors (Lipinski definition) is 1. The summed E-state index contributed by atoms with van der Waals surface area (Å²) in [5, 5.41) is 5.20. The van der Waals surface area contributed by atoms with Crippen LogP contribution in [0.4, 0.5) is 0 Å². The van der Waals surface area contributed by atoms with Crippen LogP contribution in [0, 0.1) is 11.8 Å². The fraction of sp³-hybridized carbons (Fsp3) is 0.227. The third-order valence-electron chi connectivity index (χ3n) is 5.62. The molecule has 0 aromatic heterocycles. The highest BCUT2D eigenvalue weighted by atomic mass is 16.1. The van der Waals surface area contributed by atoms with Crippen LogP contribution in [0.2, 0.25) is 0 Å². The van der Waals surface area contributed by atoms with Crippen LogP contribution in [0.25, 0.3) is 27.6 Å². The van der Waals surface area contributed by atoms with Crippen molar-refractivity contribution in [1.82, 2.24) is 0 Å². The molecule has 23 heavy (non-hydrogen) atoms. The average molecular weight is 298 g/mol. The molecule has 2 aliphatic carbocycles. The summed E-state index contributed by atoms with van der Waals surface area (Å²) in [4.78, 5) is 11.8. The summed E-state index contributed by atoms with van der Waals surface area (Å²) >= 11 is 0. The summed E-state index contributed by atoms with van der Waals surface area (Å²) in [5.41, 5.74) is 2.81. The second-order valence-corrected chi connectivity index (χ2v) is 6.96. The van der Waals surface area contributed by atoms with Gasteiger partial charge < -0.3 is 0 Å². The van der Waals surface area contributed by atoms with E-state index in [-0.39, 0.29) is 0 Å². The molecule has 0 N–H and O–H groups in total. The van der Waals surface area contributed by atoms with Gasteiger partial charge >= 0.3 is 0 Å². The number of allylic oxidation sites excluding steroid dienone is 1. The van der Waals surface area contributed by atoms with Gasteiger partial charge in [0.1, 0.15) is 5.78 Å². The molecule has 1 heteroatoms. The fourth-order valence-corrected chi connectivity index (χ4v) is 4.47. The molecule has 2 saturated carbocycles. The van der Waals surface area contributed by atoms with Gasteiger partial charge in [0.05, 0.1) is 0 Å². The van der Waals surface area contributed by atoms with E-state index in [1.807, 2.05) is 0 Å². The van der Waals surface area contributed by atoms with Crippen LogP contribution in [0.1, 0.15) is 24.8 Å². The van der Waals surface area contributed by atoms with Gasteiger partial charge in [-0.3, -0.25) is 4.79 Å². The molecule has 2 fully saturated rings. The van der Waals surface area contributed by atoms with Gasteiger partial charge in [-0.25, -0.2) is 0 Å². The first-order valence-corrected chi connectivity index (χ1v) is 8.43. The summed E-state index contributed by atoms with van der Waals surface area (Å²) in [5.74, 6) is 1.27. The highest BCUT2D eigenvalue weighted by Crippen LogP contribution is 2.47. The van der Waals surface area contributed by atoms with E-state index in [9.17, 15) is 4.79 Å². The Morgan fingerprint density at radius 1 is 0.826 bits per heavy atom. The summed E-state index contributed by atoms with van der Waals surface area (Å²) in [6.45, 7) is 0. The van der Waals surface area contributed by atoms with Crippen molar-refractivity contribution in [3.63, 3.8) is 0 Å². The predicted octanol–water partition coefficient (Wildman–Crippen LogP) is 5.38. The summed E-state index contributed by atoms with van der Waals surface area (Å²) in [6.07, 6.45) is 5.20. The number of Topliss-reactive ketones (excluding diaryl/α,β-unsaturated/α-hetero) is 1. The molecule has 3 aromatic rings. The molecule has 0 heterocycles. The smallest absolute Gasteiger partial charge is 0.136 e.